The maximum atomic E-state index is 12.6. The average Bonchev–Trinajstić information content (AvgIpc) is 2.05. The molecule has 62 valence electrons. The highest BCUT2D eigenvalue weighted by Crippen LogP contribution is 2.02. The summed E-state index contributed by atoms with van der Waals surface area (Å²) >= 11 is 0. The van der Waals surface area contributed by atoms with Crippen molar-refractivity contribution in [1.29, 1.82) is 0 Å². The Hall–Kier alpha value is -1.49. The van der Waals surface area contributed by atoms with E-state index in [1.165, 1.54) is 12.1 Å². The summed E-state index contributed by atoms with van der Waals surface area (Å²) in [4.78, 5) is 0. The SMILES string of the molecule is CC#CNCc1cccc(F)c1. The van der Waals surface area contributed by atoms with E-state index in [4.69, 9.17) is 0 Å². The van der Waals surface area contributed by atoms with Gasteiger partial charge in [-0.25, -0.2) is 4.39 Å². The molecule has 0 bridgehead atoms. The van der Waals surface area contributed by atoms with Crippen molar-refractivity contribution >= 4 is 0 Å². The van der Waals surface area contributed by atoms with Crippen LogP contribution in [0.3, 0.4) is 0 Å². The lowest BCUT2D eigenvalue weighted by Crippen LogP contribution is -2.04. The van der Waals surface area contributed by atoms with Gasteiger partial charge in [-0.05, 0) is 24.6 Å². The van der Waals surface area contributed by atoms with Crippen molar-refractivity contribution in [3.63, 3.8) is 0 Å². The molecule has 2 heteroatoms. The van der Waals surface area contributed by atoms with Crippen molar-refractivity contribution < 1.29 is 4.39 Å². The first-order valence-electron chi connectivity index (χ1n) is 3.72. The number of halogens is 1. The molecule has 0 aliphatic carbocycles. The highest BCUT2D eigenvalue weighted by Gasteiger charge is 1.91. The van der Waals surface area contributed by atoms with Crippen molar-refractivity contribution in [2.24, 2.45) is 0 Å². The molecule has 1 rings (SSSR count). The van der Waals surface area contributed by atoms with Crippen LogP contribution in [0.2, 0.25) is 0 Å². The van der Waals surface area contributed by atoms with Gasteiger partial charge in [-0.3, -0.25) is 0 Å². The Morgan fingerprint density at radius 1 is 1.50 bits per heavy atom. The lowest BCUT2D eigenvalue weighted by atomic mass is 10.2. The van der Waals surface area contributed by atoms with Crippen LogP contribution in [0, 0.1) is 17.8 Å². The van der Waals surface area contributed by atoms with Gasteiger partial charge in [-0.2, -0.15) is 0 Å². The predicted octanol–water partition coefficient (Wildman–Crippen LogP) is 1.90. The fourth-order valence-electron chi connectivity index (χ4n) is 0.882. The smallest absolute Gasteiger partial charge is 0.123 e. The zero-order chi connectivity index (χ0) is 8.81. The summed E-state index contributed by atoms with van der Waals surface area (Å²) in [5.41, 5.74) is 0.901. The quantitative estimate of drug-likeness (QED) is 0.518. The third-order valence-electron chi connectivity index (χ3n) is 1.39. The fraction of sp³-hybridized carbons (Fsp3) is 0.200. The summed E-state index contributed by atoms with van der Waals surface area (Å²) in [6.07, 6.45) is 0. The monoisotopic (exact) mass is 163 g/mol. The van der Waals surface area contributed by atoms with Gasteiger partial charge in [0.25, 0.3) is 0 Å². The maximum absolute atomic E-state index is 12.6. The molecule has 0 saturated heterocycles. The van der Waals surface area contributed by atoms with E-state index >= 15 is 0 Å². The Bertz CT molecular complexity index is 309. The molecule has 0 atom stereocenters. The van der Waals surface area contributed by atoms with E-state index in [9.17, 15) is 4.39 Å². The molecular weight excluding hydrogens is 153 g/mol. The van der Waals surface area contributed by atoms with Crippen molar-refractivity contribution in [3.05, 3.63) is 35.6 Å². The van der Waals surface area contributed by atoms with Crippen LogP contribution in [0.15, 0.2) is 24.3 Å². The molecule has 0 unspecified atom stereocenters. The minimum atomic E-state index is -0.209. The van der Waals surface area contributed by atoms with Crippen molar-refractivity contribution in [2.75, 3.05) is 0 Å². The molecule has 1 nitrogen and oxygen atoms in total. The average molecular weight is 163 g/mol. The van der Waals surface area contributed by atoms with Crippen LogP contribution >= 0.6 is 0 Å². The topological polar surface area (TPSA) is 12.0 Å². The molecule has 1 N–H and O–H groups in total. The molecule has 0 fully saturated rings. The van der Waals surface area contributed by atoms with Crippen molar-refractivity contribution in [3.8, 4) is 12.0 Å². The standard InChI is InChI=1S/C10H10FN/c1-2-6-12-8-9-4-3-5-10(11)7-9/h3-5,7,12H,8H2,1H3. The van der Waals surface area contributed by atoms with Gasteiger partial charge in [0.2, 0.25) is 0 Å². The van der Waals surface area contributed by atoms with E-state index in [1.807, 2.05) is 6.07 Å². The zero-order valence-electron chi connectivity index (χ0n) is 6.89. The number of rotatable bonds is 2. The van der Waals surface area contributed by atoms with Crippen LogP contribution in [0.25, 0.3) is 0 Å². The van der Waals surface area contributed by atoms with E-state index in [0.717, 1.165) is 5.56 Å². The predicted molar refractivity (Wildman–Crippen MR) is 46.7 cm³/mol. The van der Waals surface area contributed by atoms with E-state index in [1.54, 1.807) is 13.0 Å². The molecule has 0 aliphatic heterocycles. The molecule has 0 saturated carbocycles. The lowest BCUT2D eigenvalue weighted by Gasteiger charge is -1.98. The number of hydrogen-bond acceptors (Lipinski definition) is 1. The summed E-state index contributed by atoms with van der Waals surface area (Å²) in [7, 11) is 0. The Morgan fingerprint density at radius 3 is 3.00 bits per heavy atom. The van der Waals surface area contributed by atoms with Gasteiger partial charge in [-0.1, -0.05) is 18.1 Å². The summed E-state index contributed by atoms with van der Waals surface area (Å²) in [5, 5.41) is 2.85. The van der Waals surface area contributed by atoms with Crippen molar-refractivity contribution in [2.45, 2.75) is 13.5 Å². The molecule has 0 radical (unpaired) electrons. The summed E-state index contributed by atoms with van der Waals surface area (Å²) in [6, 6.07) is 9.15. The van der Waals surface area contributed by atoms with Crippen molar-refractivity contribution in [1.82, 2.24) is 5.32 Å². The highest BCUT2D eigenvalue weighted by molar-refractivity contribution is 5.16. The second kappa shape index (κ2) is 4.40. The van der Waals surface area contributed by atoms with Crippen LogP contribution in [0.4, 0.5) is 4.39 Å². The van der Waals surface area contributed by atoms with Crippen LogP contribution in [-0.2, 0) is 6.54 Å². The third-order valence-corrected chi connectivity index (χ3v) is 1.39. The largest absolute Gasteiger partial charge is 0.341 e. The number of nitrogens with one attached hydrogen (secondary N) is 1. The summed E-state index contributed by atoms with van der Waals surface area (Å²) in [5.74, 6) is 2.49. The van der Waals surface area contributed by atoms with E-state index < -0.39 is 0 Å². The zero-order valence-corrected chi connectivity index (χ0v) is 6.89. The maximum Gasteiger partial charge on any atom is 0.123 e. The van der Waals surface area contributed by atoms with Gasteiger partial charge >= 0.3 is 0 Å². The highest BCUT2D eigenvalue weighted by atomic mass is 19.1. The van der Waals surface area contributed by atoms with Gasteiger partial charge in [0, 0.05) is 12.6 Å². The Labute approximate surface area is 71.6 Å². The molecular formula is C10H10FN. The second-order valence-electron chi connectivity index (χ2n) is 2.36. The van der Waals surface area contributed by atoms with Gasteiger partial charge in [0.1, 0.15) is 5.82 Å². The Morgan fingerprint density at radius 2 is 2.33 bits per heavy atom. The number of hydrogen-bond donors (Lipinski definition) is 1. The van der Waals surface area contributed by atoms with E-state index in [2.05, 4.69) is 17.3 Å². The minimum absolute atomic E-state index is 0.209. The summed E-state index contributed by atoms with van der Waals surface area (Å²) < 4.78 is 12.6. The Kier molecular flexibility index (Phi) is 3.16. The molecule has 1 aromatic carbocycles. The Balaban J connectivity index is 2.55. The minimum Gasteiger partial charge on any atom is -0.341 e. The van der Waals surface area contributed by atoms with Gasteiger partial charge in [-0.15, -0.1) is 0 Å². The molecule has 0 amide bonds. The molecule has 0 heterocycles. The van der Waals surface area contributed by atoms with Crippen LogP contribution < -0.4 is 5.32 Å². The lowest BCUT2D eigenvalue weighted by molar-refractivity contribution is 0.624. The van der Waals surface area contributed by atoms with Crippen LogP contribution in [0.5, 0.6) is 0 Å². The van der Waals surface area contributed by atoms with Crippen LogP contribution in [0.1, 0.15) is 12.5 Å². The summed E-state index contributed by atoms with van der Waals surface area (Å²) in [6.45, 7) is 2.33. The third kappa shape index (κ3) is 2.63. The van der Waals surface area contributed by atoms with Crippen LogP contribution in [-0.4, -0.2) is 0 Å². The first kappa shape index (κ1) is 8.61. The first-order chi connectivity index (χ1) is 5.83. The fourth-order valence-corrected chi connectivity index (χ4v) is 0.882. The molecule has 1 aromatic rings. The molecule has 0 aromatic heterocycles. The molecule has 0 aliphatic rings. The molecule has 12 heavy (non-hydrogen) atoms. The first-order valence-corrected chi connectivity index (χ1v) is 3.72. The van der Waals surface area contributed by atoms with Gasteiger partial charge in [0.05, 0.1) is 0 Å². The normalized spacial score (nSPS) is 8.50. The molecule has 0 spiro atoms. The van der Waals surface area contributed by atoms with Gasteiger partial charge < -0.3 is 5.32 Å². The van der Waals surface area contributed by atoms with E-state index in [0.29, 0.717) is 6.54 Å². The second-order valence-corrected chi connectivity index (χ2v) is 2.36. The van der Waals surface area contributed by atoms with Gasteiger partial charge in [0.15, 0.2) is 0 Å². The van der Waals surface area contributed by atoms with E-state index in [-0.39, 0.29) is 5.82 Å². The number of benzene rings is 1.